The summed E-state index contributed by atoms with van der Waals surface area (Å²) in [5, 5.41) is 3.49. The predicted octanol–water partition coefficient (Wildman–Crippen LogP) is 5.92. The topological polar surface area (TPSA) is 24.5 Å². The molecule has 0 amide bonds. The molecule has 1 heterocycles. The second kappa shape index (κ2) is 12.0. The fourth-order valence-corrected chi connectivity index (χ4v) is 5.75. The molecule has 0 radical (unpaired) electrons. The van der Waals surface area contributed by atoms with Gasteiger partial charge >= 0.3 is 0 Å². The molecule has 2 unspecified atom stereocenters. The molecule has 3 nitrogen and oxygen atoms in total. The van der Waals surface area contributed by atoms with Crippen molar-refractivity contribution < 1.29 is 4.74 Å². The molecule has 2 atom stereocenters. The van der Waals surface area contributed by atoms with Crippen molar-refractivity contribution in [3.63, 3.8) is 0 Å². The Labute approximate surface area is 203 Å². The maximum Gasteiger partial charge on any atom is 0.0776 e. The van der Waals surface area contributed by atoms with Crippen molar-refractivity contribution in [3.8, 4) is 0 Å². The quantitative estimate of drug-likeness (QED) is 0.465. The Morgan fingerprint density at radius 3 is 2.41 bits per heavy atom. The van der Waals surface area contributed by atoms with E-state index in [0.717, 1.165) is 48.0 Å². The molecule has 7 heteroatoms. The maximum absolute atomic E-state index is 6.58. The molecule has 0 spiro atoms. The molecule has 1 saturated heterocycles. The Bertz CT molecular complexity index is 767. The van der Waals surface area contributed by atoms with Crippen molar-refractivity contribution in [3.05, 3.63) is 68.1 Å². The number of nitrogens with zero attached hydrogens (tertiary/aromatic N) is 1. The summed E-state index contributed by atoms with van der Waals surface area (Å²) in [6.07, 6.45) is 3.68. The summed E-state index contributed by atoms with van der Waals surface area (Å²) in [5.74, 6) is 0. The van der Waals surface area contributed by atoms with Gasteiger partial charge in [0.05, 0.1) is 18.8 Å². The first kappa shape index (κ1) is 25.1. The van der Waals surface area contributed by atoms with Crippen molar-refractivity contribution in [2.45, 2.75) is 38.0 Å². The number of rotatable bonds is 4. The van der Waals surface area contributed by atoms with Crippen LogP contribution in [0.2, 0.25) is 0 Å². The summed E-state index contributed by atoms with van der Waals surface area (Å²) in [5.41, 5.74) is 4.17. The molecule has 1 aliphatic carbocycles. The van der Waals surface area contributed by atoms with Gasteiger partial charge in [-0.2, -0.15) is 0 Å². The molecule has 1 N–H and O–H groups in total. The number of aryl methyl sites for hydroxylation is 1. The zero-order chi connectivity index (χ0) is 18.6. The van der Waals surface area contributed by atoms with Gasteiger partial charge < -0.3 is 10.1 Å². The SMILES string of the molecule is Brc1cc(Br)cc(COC2CCCc3ccccc3C2N2CCNCC2)c1.Cl.Cl. The van der Waals surface area contributed by atoms with Crippen molar-refractivity contribution in [2.24, 2.45) is 0 Å². The van der Waals surface area contributed by atoms with E-state index in [9.17, 15) is 0 Å². The van der Waals surface area contributed by atoms with Gasteiger partial charge in [0.15, 0.2) is 0 Å². The van der Waals surface area contributed by atoms with Crippen molar-refractivity contribution in [1.82, 2.24) is 10.2 Å². The summed E-state index contributed by atoms with van der Waals surface area (Å²) in [6, 6.07) is 15.7. The fourth-order valence-electron chi connectivity index (χ4n) is 4.37. The molecule has 29 heavy (non-hydrogen) atoms. The molecule has 160 valence electrons. The zero-order valence-electron chi connectivity index (χ0n) is 16.3. The number of hydrogen-bond donors (Lipinski definition) is 1. The molecule has 2 aromatic carbocycles. The standard InChI is InChI=1S/C22H26Br2N2O.2ClH/c23-18-12-16(13-19(24)14-18)15-27-21-7-3-5-17-4-1-2-6-20(17)22(21)26-10-8-25-9-11-26;;/h1-2,4,6,12-14,21-22,25H,3,5,7-11,15H2;2*1H. The lowest BCUT2D eigenvalue weighted by molar-refractivity contribution is -0.0320. The van der Waals surface area contributed by atoms with E-state index in [-0.39, 0.29) is 30.9 Å². The van der Waals surface area contributed by atoms with Gasteiger partial charge in [-0.25, -0.2) is 0 Å². The number of fused-ring (bicyclic) bond motifs is 1. The minimum Gasteiger partial charge on any atom is -0.372 e. The highest BCUT2D eigenvalue weighted by atomic mass is 79.9. The molecule has 1 fully saturated rings. The third kappa shape index (κ3) is 6.42. The Balaban J connectivity index is 0.00000150. The summed E-state index contributed by atoms with van der Waals surface area (Å²) in [6.45, 7) is 4.93. The highest BCUT2D eigenvalue weighted by molar-refractivity contribution is 9.11. The normalized spacial score (nSPS) is 22.0. The second-order valence-corrected chi connectivity index (χ2v) is 9.28. The molecule has 0 aromatic heterocycles. The van der Waals surface area contributed by atoms with Crippen molar-refractivity contribution in [1.29, 1.82) is 0 Å². The average Bonchev–Trinajstić information content (AvgIpc) is 2.85. The highest BCUT2D eigenvalue weighted by Crippen LogP contribution is 2.36. The van der Waals surface area contributed by atoms with Crippen LogP contribution in [0.5, 0.6) is 0 Å². The molecule has 1 aliphatic heterocycles. The van der Waals surface area contributed by atoms with E-state index in [1.54, 1.807) is 0 Å². The number of benzene rings is 2. The van der Waals surface area contributed by atoms with Crippen LogP contribution in [-0.2, 0) is 17.8 Å². The van der Waals surface area contributed by atoms with E-state index < -0.39 is 0 Å². The number of nitrogens with one attached hydrogen (secondary N) is 1. The number of hydrogen-bond acceptors (Lipinski definition) is 3. The van der Waals surface area contributed by atoms with Gasteiger partial charge in [-0.3, -0.25) is 4.90 Å². The smallest absolute Gasteiger partial charge is 0.0776 e. The third-order valence-electron chi connectivity index (χ3n) is 5.59. The Morgan fingerprint density at radius 1 is 1.00 bits per heavy atom. The van der Waals surface area contributed by atoms with Crippen LogP contribution in [0.1, 0.15) is 35.6 Å². The first-order chi connectivity index (χ1) is 13.2. The monoisotopic (exact) mass is 564 g/mol. The minimum absolute atomic E-state index is 0. The third-order valence-corrected chi connectivity index (χ3v) is 6.51. The lowest BCUT2D eigenvalue weighted by Gasteiger charge is -2.39. The van der Waals surface area contributed by atoms with E-state index in [1.807, 2.05) is 0 Å². The van der Waals surface area contributed by atoms with Crippen LogP contribution in [0.25, 0.3) is 0 Å². The van der Waals surface area contributed by atoms with Gasteiger partial charge in [-0.1, -0.05) is 56.1 Å². The molecular weight excluding hydrogens is 539 g/mol. The summed E-state index contributed by atoms with van der Waals surface area (Å²) >= 11 is 7.17. The van der Waals surface area contributed by atoms with E-state index in [4.69, 9.17) is 4.74 Å². The number of ether oxygens (including phenoxy) is 1. The van der Waals surface area contributed by atoms with Gasteiger partial charge in [-0.05, 0) is 54.2 Å². The lowest BCUT2D eigenvalue weighted by atomic mass is 9.95. The average molecular weight is 567 g/mol. The van der Waals surface area contributed by atoms with E-state index in [0.29, 0.717) is 12.6 Å². The van der Waals surface area contributed by atoms with Gasteiger partial charge in [0, 0.05) is 35.1 Å². The Kier molecular flexibility index (Phi) is 10.4. The van der Waals surface area contributed by atoms with Crippen LogP contribution in [0.3, 0.4) is 0 Å². The lowest BCUT2D eigenvalue weighted by Crippen LogP contribution is -2.48. The molecule has 0 bridgehead atoms. The largest absolute Gasteiger partial charge is 0.372 e. The Morgan fingerprint density at radius 2 is 1.69 bits per heavy atom. The van der Waals surface area contributed by atoms with E-state index >= 15 is 0 Å². The minimum atomic E-state index is 0. The summed E-state index contributed by atoms with van der Waals surface area (Å²) in [4.78, 5) is 2.63. The fraction of sp³-hybridized carbons (Fsp3) is 0.455. The second-order valence-electron chi connectivity index (χ2n) is 7.45. The molecule has 4 rings (SSSR count). The highest BCUT2D eigenvalue weighted by Gasteiger charge is 2.33. The van der Waals surface area contributed by atoms with Crippen LogP contribution in [-0.4, -0.2) is 37.2 Å². The zero-order valence-corrected chi connectivity index (χ0v) is 21.1. The summed E-state index contributed by atoms with van der Waals surface area (Å²) < 4.78 is 8.75. The van der Waals surface area contributed by atoms with E-state index in [2.05, 4.69) is 84.5 Å². The first-order valence-electron chi connectivity index (χ1n) is 9.80. The van der Waals surface area contributed by atoms with Gasteiger partial charge in [0.2, 0.25) is 0 Å². The first-order valence-corrected chi connectivity index (χ1v) is 11.4. The van der Waals surface area contributed by atoms with Crippen LogP contribution >= 0.6 is 56.7 Å². The van der Waals surface area contributed by atoms with Gasteiger partial charge in [-0.15, -0.1) is 24.8 Å². The van der Waals surface area contributed by atoms with Crippen LogP contribution in [0.15, 0.2) is 51.4 Å². The van der Waals surface area contributed by atoms with Crippen molar-refractivity contribution in [2.75, 3.05) is 26.2 Å². The van der Waals surface area contributed by atoms with Crippen LogP contribution in [0, 0.1) is 0 Å². The molecule has 2 aliphatic rings. The molecule has 0 saturated carbocycles. The number of halogens is 4. The summed E-state index contributed by atoms with van der Waals surface area (Å²) in [7, 11) is 0. The Hall–Kier alpha value is -0.140. The van der Waals surface area contributed by atoms with Crippen molar-refractivity contribution >= 4 is 56.7 Å². The van der Waals surface area contributed by atoms with E-state index in [1.165, 1.54) is 23.1 Å². The predicted molar refractivity (Wildman–Crippen MR) is 131 cm³/mol. The maximum atomic E-state index is 6.58. The van der Waals surface area contributed by atoms with Gasteiger partial charge in [0.25, 0.3) is 0 Å². The van der Waals surface area contributed by atoms with Crippen LogP contribution < -0.4 is 5.32 Å². The molecule has 2 aromatic rings. The van der Waals surface area contributed by atoms with Gasteiger partial charge in [0.1, 0.15) is 0 Å². The van der Waals surface area contributed by atoms with Crippen LogP contribution in [0.4, 0.5) is 0 Å². The molecular formula is C22H28Br2Cl2N2O. The number of piperazine rings is 1.